The van der Waals surface area contributed by atoms with Gasteiger partial charge in [0.2, 0.25) is 0 Å². The van der Waals surface area contributed by atoms with Gasteiger partial charge in [0.05, 0.1) is 30.1 Å². The van der Waals surface area contributed by atoms with E-state index in [1.54, 1.807) is 36.4 Å². The highest BCUT2D eigenvalue weighted by Gasteiger charge is 2.11. The molecule has 0 amide bonds. The van der Waals surface area contributed by atoms with Crippen molar-refractivity contribution in [3.63, 3.8) is 0 Å². The Morgan fingerprint density at radius 1 is 1.33 bits per heavy atom. The second-order valence-electron chi connectivity index (χ2n) is 4.98. The van der Waals surface area contributed by atoms with Gasteiger partial charge >= 0.3 is 5.88 Å². The minimum absolute atomic E-state index is 0.0991. The van der Waals surface area contributed by atoms with Crippen LogP contribution in [-0.4, -0.2) is 26.2 Å². The van der Waals surface area contributed by atoms with Crippen molar-refractivity contribution in [2.24, 2.45) is 0 Å². The van der Waals surface area contributed by atoms with E-state index in [-0.39, 0.29) is 24.6 Å². The lowest BCUT2D eigenvalue weighted by molar-refractivity contribution is -0.402. The number of aromatic nitrogens is 2. The van der Waals surface area contributed by atoms with Gasteiger partial charge in [-0.05, 0) is 24.3 Å². The molecule has 2 heterocycles. The average Bonchev–Trinajstić information content (AvgIpc) is 3.05. The van der Waals surface area contributed by atoms with E-state index in [0.29, 0.717) is 22.3 Å². The Morgan fingerprint density at radius 3 is 2.83 bits per heavy atom. The molecule has 122 valence electrons. The van der Waals surface area contributed by atoms with Crippen molar-refractivity contribution in [3.8, 4) is 0 Å². The van der Waals surface area contributed by atoms with Gasteiger partial charge in [-0.25, -0.2) is 4.98 Å². The van der Waals surface area contributed by atoms with Crippen LogP contribution in [-0.2, 0) is 6.54 Å². The van der Waals surface area contributed by atoms with Crippen molar-refractivity contribution < 1.29 is 14.4 Å². The van der Waals surface area contributed by atoms with Crippen molar-refractivity contribution in [1.29, 1.82) is 0 Å². The van der Waals surface area contributed by atoms with E-state index in [9.17, 15) is 20.0 Å². The first kappa shape index (κ1) is 15.6. The van der Waals surface area contributed by atoms with E-state index in [4.69, 9.17) is 4.42 Å². The monoisotopic (exact) mass is 327 g/mol. The largest absolute Gasteiger partial charge is 0.433 e. The second-order valence-corrected chi connectivity index (χ2v) is 4.98. The summed E-state index contributed by atoms with van der Waals surface area (Å²) in [7, 11) is 0. The molecule has 0 saturated carbocycles. The first-order valence-corrected chi connectivity index (χ1v) is 7.11. The topological polar surface area (TPSA) is 111 Å². The molecule has 8 nitrogen and oxygen atoms in total. The molecule has 0 bridgehead atoms. The van der Waals surface area contributed by atoms with Crippen molar-refractivity contribution in [1.82, 2.24) is 9.55 Å². The molecule has 0 fully saturated rings. The number of aliphatic hydroxyl groups is 1. The van der Waals surface area contributed by atoms with E-state index in [1.165, 1.54) is 16.9 Å². The third-order valence-corrected chi connectivity index (χ3v) is 3.43. The molecule has 0 aliphatic heterocycles. The maximum Gasteiger partial charge on any atom is 0.433 e. The van der Waals surface area contributed by atoms with Gasteiger partial charge < -0.3 is 9.52 Å². The molecule has 0 aliphatic carbocycles. The number of para-hydroxylation sites is 1. The maximum atomic E-state index is 12.5. The standard InChI is InChI=1S/C16H13N3O5/c20-8-7-18-14(6-5-11-9-15(19(22)23)24-10-11)17-13-4-2-1-3-12(13)16(18)21/h1-6,9-10,20H,7-8H2. The highest BCUT2D eigenvalue weighted by atomic mass is 16.6. The molecule has 2 aromatic heterocycles. The Kier molecular flexibility index (Phi) is 4.21. The number of nitrogens with zero attached hydrogens (tertiary/aromatic N) is 3. The van der Waals surface area contributed by atoms with Crippen LogP contribution in [0.1, 0.15) is 11.4 Å². The number of hydrogen-bond acceptors (Lipinski definition) is 6. The summed E-state index contributed by atoms with van der Waals surface area (Å²) in [4.78, 5) is 26.9. The van der Waals surface area contributed by atoms with Gasteiger partial charge in [-0.3, -0.25) is 19.5 Å². The van der Waals surface area contributed by atoms with Crippen LogP contribution in [0.4, 0.5) is 5.88 Å². The molecule has 0 aliphatic rings. The van der Waals surface area contributed by atoms with Crippen LogP contribution < -0.4 is 5.56 Å². The van der Waals surface area contributed by atoms with E-state index in [0.717, 1.165) is 0 Å². The molecule has 3 aromatic rings. The summed E-state index contributed by atoms with van der Waals surface area (Å²) in [5.74, 6) is -0.0227. The third-order valence-electron chi connectivity index (χ3n) is 3.43. The average molecular weight is 327 g/mol. The number of nitro groups is 1. The Morgan fingerprint density at radius 2 is 2.12 bits per heavy atom. The lowest BCUT2D eigenvalue weighted by Gasteiger charge is -2.09. The van der Waals surface area contributed by atoms with Crippen LogP contribution in [0.5, 0.6) is 0 Å². The number of benzene rings is 1. The fourth-order valence-electron chi connectivity index (χ4n) is 2.32. The first-order valence-electron chi connectivity index (χ1n) is 7.11. The SMILES string of the molecule is O=c1c2ccccc2nc(C=Cc2coc([N+](=O)[O-])c2)n1CCO. The summed E-state index contributed by atoms with van der Waals surface area (Å²) in [6.45, 7) is -0.111. The molecule has 0 atom stereocenters. The zero-order valence-corrected chi connectivity index (χ0v) is 12.5. The van der Waals surface area contributed by atoms with Gasteiger partial charge in [0.1, 0.15) is 17.0 Å². The number of fused-ring (bicyclic) bond motifs is 1. The molecule has 0 radical (unpaired) electrons. The van der Waals surface area contributed by atoms with E-state index >= 15 is 0 Å². The number of aliphatic hydroxyl groups excluding tert-OH is 1. The van der Waals surface area contributed by atoms with Crippen LogP contribution >= 0.6 is 0 Å². The number of furan rings is 1. The Balaban J connectivity index is 2.06. The molecule has 0 spiro atoms. The minimum atomic E-state index is -0.632. The molecule has 8 heteroatoms. The van der Waals surface area contributed by atoms with Crippen LogP contribution in [0.2, 0.25) is 0 Å². The quantitative estimate of drug-likeness (QED) is 0.567. The predicted molar refractivity (Wildman–Crippen MR) is 87.4 cm³/mol. The zero-order valence-electron chi connectivity index (χ0n) is 12.5. The van der Waals surface area contributed by atoms with Crippen LogP contribution in [0.3, 0.4) is 0 Å². The molecular formula is C16H13N3O5. The van der Waals surface area contributed by atoms with E-state index in [2.05, 4.69) is 4.98 Å². The van der Waals surface area contributed by atoms with E-state index in [1.807, 2.05) is 0 Å². The Labute approximate surface area is 135 Å². The van der Waals surface area contributed by atoms with Gasteiger partial charge in [0, 0.05) is 5.56 Å². The lowest BCUT2D eigenvalue weighted by atomic mass is 10.2. The molecule has 0 saturated heterocycles. The van der Waals surface area contributed by atoms with Crippen LogP contribution in [0, 0.1) is 10.1 Å². The zero-order chi connectivity index (χ0) is 17.1. The number of hydrogen-bond donors (Lipinski definition) is 1. The summed E-state index contributed by atoms with van der Waals surface area (Å²) in [6.07, 6.45) is 4.35. The predicted octanol–water partition coefficient (Wildman–Crippen LogP) is 2.06. The maximum absolute atomic E-state index is 12.5. The highest BCUT2D eigenvalue weighted by Crippen LogP contribution is 2.18. The van der Waals surface area contributed by atoms with Gasteiger partial charge in [-0.15, -0.1) is 0 Å². The summed E-state index contributed by atoms with van der Waals surface area (Å²) in [6, 6.07) is 8.18. The summed E-state index contributed by atoms with van der Waals surface area (Å²) >= 11 is 0. The normalized spacial score (nSPS) is 11.4. The Bertz CT molecular complexity index is 987. The van der Waals surface area contributed by atoms with Gasteiger partial charge in [-0.1, -0.05) is 12.1 Å². The lowest BCUT2D eigenvalue weighted by Crippen LogP contribution is -2.25. The summed E-state index contributed by atoms with van der Waals surface area (Å²) in [5, 5.41) is 20.3. The molecule has 0 unspecified atom stereocenters. The fourth-order valence-corrected chi connectivity index (χ4v) is 2.32. The van der Waals surface area contributed by atoms with Gasteiger partial charge in [-0.2, -0.15) is 0 Å². The van der Waals surface area contributed by atoms with Gasteiger partial charge in [0.15, 0.2) is 0 Å². The molecular weight excluding hydrogens is 314 g/mol. The van der Waals surface area contributed by atoms with Crippen molar-refractivity contribution >= 4 is 28.9 Å². The first-order chi connectivity index (χ1) is 11.6. The molecule has 24 heavy (non-hydrogen) atoms. The number of rotatable bonds is 5. The highest BCUT2D eigenvalue weighted by molar-refractivity contribution is 5.79. The minimum Gasteiger partial charge on any atom is -0.409 e. The Hall–Kier alpha value is -3.26. The van der Waals surface area contributed by atoms with Crippen molar-refractivity contribution in [2.45, 2.75) is 6.54 Å². The molecule has 3 rings (SSSR count). The van der Waals surface area contributed by atoms with Crippen molar-refractivity contribution in [3.05, 3.63) is 68.5 Å². The van der Waals surface area contributed by atoms with E-state index < -0.39 is 4.92 Å². The second kappa shape index (κ2) is 6.47. The van der Waals surface area contributed by atoms with Crippen LogP contribution in [0.25, 0.3) is 23.1 Å². The van der Waals surface area contributed by atoms with Crippen molar-refractivity contribution in [2.75, 3.05) is 6.61 Å². The molecule has 1 N–H and O–H groups in total. The summed E-state index contributed by atoms with van der Waals surface area (Å²) < 4.78 is 6.16. The third kappa shape index (κ3) is 2.95. The smallest absolute Gasteiger partial charge is 0.409 e. The fraction of sp³-hybridized carbons (Fsp3) is 0.125. The van der Waals surface area contributed by atoms with Gasteiger partial charge in [0.25, 0.3) is 5.56 Å². The van der Waals surface area contributed by atoms with Crippen LogP contribution in [0.15, 0.2) is 45.8 Å². The summed E-state index contributed by atoms with van der Waals surface area (Å²) in [5.41, 5.74) is 0.752. The molecule has 1 aromatic carbocycles.